The highest BCUT2D eigenvalue weighted by Gasteiger charge is 2.30. The fourth-order valence-corrected chi connectivity index (χ4v) is 4.78. The van der Waals surface area contributed by atoms with Gasteiger partial charge in [0.25, 0.3) is 5.91 Å². The number of para-hydroxylation sites is 3. The number of hydrazone groups is 1. The quantitative estimate of drug-likeness (QED) is 0.538. The fraction of sp³-hybridized carbons (Fsp3) is 0.120. The molecule has 0 aromatic heterocycles. The molecule has 0 saturated heterocycles. The molecule has 0 aliphatic carbocycles. The highest BCUT2D eigenvalue weighted by atomic mass is 32.2. The number of fused-ring (bicyclic) bond motifs is 2. The molecular weight excluding hydrogens is 438 g/mol. The molecule has 0 spiro atoms. The first-order chi connectivity index (χ1) is 16.1. The highest BCUT2D eigenvalue weighted by molar-refractivity contribution is 7.99. The van der Waals surface area contributed by atoms with Gasteiger partial charge in [-0.3, -0.25) is 14.5 Å². The van der Waals surface area contributed by atoms with Gasteiger partial charge in [-0.25, -0.2) is 9.80 Å². The number of carbonyl (C=O) groups is 3. The zero-order valence-electron chi connectivity index (χ0n) is 17.5. The average molecular weight is 458 g/mol. The van der Waals surface area contributed by atoms with E-state index in [-0.39, 0.29) is 30.4 Å². The summed E-state index contributed by atoms with van der Waals surface area (Å²) in [6.07, 6.45) is 0.308. The molecule has 0 radical (unpaired) electrons. The summed E-state index contributed by atoms with van der Waals surface area (Å²) < 4.78 is 5.34. The summed E-state index contributed by atoms with van der Waals surface area (Å²) in [6.45, 7) is -0.440. The number of anilines is 3. The van der Waals surface area contributed by atoms with E-state index in [9.17, 15) is 14.4 Å². The van der Waals surface area contributed by atoms with Crippen molar-refractivity contribution in [1.29, 1.82) is 0 Å². The maximum Gasteiger partial charge on any atom is 0.355 e. The third kappa shape index (κ3) is 4.12. The maximum atomic E-state index is 13.2. The lowest BCUT2D eigenvalue weighted by atomic mass is 10.1. The van der Waals surface area contributed by atoms with Crippen LogP contribution in [0, 0.1) is 0 Å². The zero-order chi connectivity index (χ0) is 22.8. The van der Waals surface area contributed by atoms with Gasteiger partial charge in [0.1, 0.15) is 5.71 Å². The summed E-state index contributed by atoms with van der Waals surface area (Å²) in [5, 5.41) is 5.40. The van der Waals surface area contributed by atoms with Gasteiger partial charge >= 0.3 is 5.97 Å². The molecule has 3 aromatic rings. The van der Waals surface area contributed by atoms with Crippen LogP contribution in [0.1, 0.15) is 12.8 Å². The number of esters is 1. The minimum atomic E-state index is -0.704. The number of amides is 2. The molecule has 164 valence electrons. The normalized spacial score (nSPS) is 14.8. The number of rotatable bonds is 4. The Bertz CT molecular complexity index is 1230. The van der Waals surface area contributed by atoms with Gasteiger partial charge in [-0.1, -0.05) is 54.2 Å². The number of hydrogen-bond acceptors (Lipinski definition) is 6. The van der Waals surface area contributed by atoms with Crippen LogP contribution in [-0.4, -0.2) is 30.1 Å². The van der Waals surface area contributed by atoms with Crippen molar-refractivity contribution in [2.45, 2.75) is 22.6 Å². The Labute approximate surface area is 194 Å². The molecule has 2 amide bonds. The molecular formula is C25H19N3O4S. The van der Waals surface area contributed by atoms with Gasteiger partial charge in [0.2, 0.25) is 5.91 Å². The second-order valence-corrected chi connectivity index (χ2v) is 8.51. The number of nitrogens with zero attached hydrogens (tertiary/aromatic N) is 3. The van der Waals surface area contributed by atoms with Gasteiger partial charge in [0.05, 0.1) is 17.1 Å². The molecule has 7 nitrogen and oxygen atoms in total. The lowest BCUT2D eigenvalue weighted by Gasteiger charge is -2.30. The molecule has 0 saturated carbocycles. The van der Waals surface area contributed by atoms with E-state index in [1.807, 2.05) is 54.6 Å². The highest BCUT2D eigenvalue weighted by Crippen LogP contribution is 2.47. The molecule has 0 N–H and O–H groups in total. The first-order valence-electron chi connectivity index (χ1n) is 10.4. The Balaban J connectivity index is 1.34. The Hall–Kier alpha value is -3.91. The topological polar surface area (TPSA) is 79.3 Å². The first-order valence-corrected chi connectivity index (χ1v) is 11.2. The van der Waals surface area contributed by atoms with E-state index in [1.165, 1.54) is 5.01 Å². The van der Waals surface area contributed by atoms with E-state index < -0.39 is 12.6 Å². The van der Waals surface area contributed by atoms with Crippen LogP contribution in [0.4, 0.5) is 17.1 Å². The van der Waals surface area contributed by atoms with E-state index in [0.717, 1.165) is 21.2 Å². The minimum absolute atomic E-state index is 0.112. The monoisotopic (exact) mass is 457 g/mol. The van der Waals surface area contributed by atoms with Crippen molar-refractivity contribution < 1.29 is 19.1 Å². The van der Waals surface area contributed by atoms with Crippen LogP contribution in [-0.2, 0) is 19.1 Å². The predicted octanol–water partition coefficient (Wildman–Crippen LogP) is 4.54. The Morgan fingerprint density at radius 1 is 0.848 bits per heavy atom. The van der Waals surface area contributed by atoms with Crippen LogP contribution in [0.3, 0.4) is 0 Å². The average Bonchev–Trinajstić information content (AvgIpc) is 2.86. The van der Waals surface area contributed by atoms with Crippen LogP contribution in [0.15, 0.2) is 93.8 Å². The lowest BCUT2D eigenvalue weighted by Crippen LogP contribution is -2.37. The van der Waals surface area contributed by atoms with Crippen molar-refractivity contribution >= 4 is 52.3 Å². The van der Waals surface area contributed by atoms with E-state index >= 15 is 0 Å². The molecule has 0 atom stereocenters. The van der Waals surface area contributed by atoms with Crippen molar-refractivity contribution in [3.8, 4) is 0 Å². The minimum Gasteiger partial charge on any atom is -0.451 e. The lowest BCUT2D eigenvalue weighted by molar-refractivity contribution is -0.141. The SMILES string of the molecule is O=C(OCC(=O)N1c2ccccc2Sc2ccccc21)C1=NN(c2ccccc2)C(=O)CC1. The standard InChI is InChI=1S/C25H19N3O4S/c29-23-15-14-18(26-28(23)17-8-2-1-3-9-17)25(31)32-16-24(30)27-19-10-4-6-12-21(19)33-22-13-7-5-11-20(22)27/h1-13H,14-16H2. The summed E-state index contributed by atoms with van der Waals surface area (Å²) in [4.78, 5) is 41.6. The van der Waals surface area contributed by atoms with Crippen LogP contribution >= 0.6 is 11.8 Å². The maximum absolute atomic E-state index is 13.2. The number of hydrogen-bond donors (Lipinski definition) is 0. The molecule has 3 aromatic carbocycles. The van der Waals surface area contributed by atoms with Crippen LogP contribution in [0.2, 0.25) is 0 Å². The van der Waals surface area contributed by atoms with Gasteiger partial charge in [0, 0.05) is 22.6 Å². The smallest absolute Gasteiger partial charge is 0.355 e. The van der Waals surface area contributed by atoms with Crippen molar-refractivity contribution in [2.75, 3.05) is 16.5 Å². The van der Waals surface area contributed by atoms with Gasteiger partial charge in [0.15, 0.2) is 6.61 Å². The number of benzene rings is 3. The first kappa shape index (κ1) is 21.0. The largest absolute Gasteiger partial charge is 0.451 e. The van der Waals surface area contributed by atoms with Gasteiger partial charge in [-0.15, -0.1) is 0 Å². The van der Waals surface area contributed by atoms with Crippen molar-refractivity contribution in [2.24, 2.45) is 5.10 Å². The Morgan fingerprint density at radius 2 is 1.45 bits per heavy atom. The van der Waals surface area contributed by atoms with Gasteiger partial charge in [-0.05, 0) is 36.4 Å². The number of ether oxygens (including phenoxy) is 1. The molecule has 2 aliphatic rings. The molecule has 0 unspecified atom stereocenters. The van der Waals surface area contributed by atoms with Crippen LogP contribution in [0.25, 0.3) is 0 Å². The second-order valence-electron chi connectivity index (χ2n) is 7.43. The van der Waals surface area contributed by atoms with Crippen molar-refractivity contribution in [1.82, 2.24) is 0 Å². The summed E-state index contributed by atoms with van der Waals surface area (Å²) >= 11 is 1.59. The third-order valence-corrected chi connectivity index (χ3v) is 6.41. The second kappa shape index (κ2) is 8.91. The third-order valence-electron chi connectivity index (χ3n) is 5.28. The Kier molecular flexibility index (Phi) is 5.66. The molecule has 33 heavy (non-hydrogen) atoms. The van der Waals surface area contributed by atoms with Crippen LogP contribution < -0.4 is 9.91 Å². The molecule has 0 bridgehead atoms. The molecule has 0 fully saturated rings. The summed E-state index contributed by atoms with van der Waals surface area (Å²) in [5.74, 6) is -1.27. The van der Waals surface area contributed by atoms with E-state index in [0.29, 0.717) is 5.69 Å². The van der Waals surface area contributed by atoms with E-state index in [4.69, 9.17) is 4.74 Å². The fourth-order valence-electron chi connectivity index (χ4n) is 3.72. The molecule has 5 rings (SSSR count). The summed E-state index contributed by atoms with van der Waals surface area (Å²) in [7, 11) is 0. The summed E-state index contributed by atoms with van der Waals surface area (Å²) in [5.41, 5.74) is 2.18. The van der Waals surface area contributed by atoms with E-state index in [2.05, 4.69) is 5.10 Å². The van der Waals surface area contributed by atoms with Crippen LogP contribution in [0.5, 0.6) is 0 Å². The summed E-state index contributed by atoms with van der Waals surface area (Å²) in [6, 6.07) is 24.1. The van der Waals surface area contributed by atoms with Gasteiger partial charge < -0.3 is 4.74 Å². The zero-order valence-corrected chi connectivity index (χ0v) is 18.3. The predicted molar refractivity (Wildman–Crippen MR) is 126 cm³/mol. The molecule has 2 aliphatic heterocycles. The Morgan fingerprint density at radius 3 is 2.12 bits per heavy atom. The van der Waals surface area contributed by atoms with Crippen molar-refractivity contribution in [3.05, 3.63) is 78.9 Å². The number of carbonyl (C=O) groups excluding carboxylic acids is 3. The molecule has 2 heterocycles. The van der Waals surface area contributed by atoms with E-state index in [1.54, 1.807) is 40.9 Å². The van der Waals surface area contributed by atoms with Crippen molar-refractivity contribution in [3.63, 3.8) is 0 Å². The van der Waals surface area contributed by atoms with Gasteiger partial charge in [-0.2, -0.15) is 5.10 Å². The molecule has 8 heteroatoms.